The lowest BCUT2D eigenvalue weighted by molar-refractivity contribution is 0.0857. The molecule has 0 unspecified atom stereocenters. The molecule has 0 bridgehead atoms. The zero-order chi connectivity index (χ0) is 16.8. The van der Waals surface area contributed by atoms with Gasteiger partial charge in [-0.25, -0.2) is 0 Å². The monoisotopic (exact) mass is 323 g/mol. The molecule has 0 atom stereocenters. The van der Waals surface area contributed by atoms with Crippen molar-refractivity contribution in [1.82, 2.24) is 15.2 Å². The molecule has 2 aromatic rings. The maximum Gasteiger partial charge on any atom is 0.0455 e. The Balaban J connectivity index is 1.54. The molecule has 1 aliphatic carbocycles. The number of rotatable bonds is 6. The summed E-state index contributed by atoms with van der Waals surface area (Å²) in [6.45, 7) is 1.02. The number of nitrogens with zero attached hydrogens (tertiary/aromatic N) is 2. The Hall–Kier alpha value is -1.71. The van der Waals surface area contributed by atoms with Crippen LogP contribution in [-0.2, 0) is 12.0 Å². The highest BCUT2D eigenvalue weighted by Crippen LogP contribution is 2.40. The van der Waals surface area contributed by atoms with Crippen LogP contribution in [0.15, 0.2) is 54.7 Å². The van der Waals surface area contributed by atoms with Gasteiger partial charge in [-0.3, -0.25) is 9.88 Å². The smallest absolute Gasteiger partial charge is 0.0455 e. The maximum atomic E-state index is 4.40. The van der Waals surface area contributed by atoms with E-state index < -0.39 is 0 Å². The van der Waals surface area contributed by atoms with Crippen LogP contribution in [0.4, 0.5) is 0 Å². The standard InChI is InChI=1S/C21H29N3/c1-24(2)21(18-8-4-3-5-9-18)14-11-20(12-15-21)23-17-13-19-10-6-7-16-22-19/h3-10,16,20,23H,11-15,17H2,1-2H3. The summed E-state index contributed by atoms with van der Waals surface area (Å²) in [6, 6.07) is 17.8. The van der Waals surface area contributed by atoms with Crippen molar-refractivity contribution in [3.8, 4) is 0 Å². The Bertz CT molecular complexity index is 601. The van der Waals surface area contributed by atoms with E-state index in [-0.39, 0.29) is 5.54 Å². The largest absolute Gasteiger partial charge is 0.314 e. The van der Waals surface area contributed by atoms with Crippen LogP contribution >= 0.6 is 0 Å². The second kappa shape index (κ2) is 7.91. The van der Waals surface area contributed by atoms with Crippen LogP contribution < -0.4 is 5.32 Å². The fourth-order valence-corrected chi connectivity index (χ4v) is 3.99. The first-order valence-corrected chi connectivity index (χ1v) is 9.07. The van der Waals surface area contributed by atoms with Gasteiger partial charge in [-0.1, -0.05) is 36.4 Å². The summed E-state index contributed by atoms with van der Waals surface area (Å²) in [7, 11) is 4.45. The molecule has 0 aliphatic heterocycles. The highest BCUT2D eigenvalue weighted by atomic mass is 15.1. The molecule has 3 rings (SSSR count). The van der Waals surface area contributed by atoms with Gasteiger partial charge in [-0.15, -0.1) is 0 Å². The van der Waals surface area contributed by atoms with Crippen LogP contribution in [-0.4, -0.2) is 36.6 Å². The first kappa shape index (κ1) is 17.1. The van der Waals surface area contributed by atoms with Crippen molar-refractivity contribution in [1.29, 1.82) is 0 Å². The van der Waals surface area contributed by atoms with Gasteiger partial charge < -0.3 is 5.32 Å². The topological polar surface area (TPSA) is 28.2 Å². The summed E-state index contributed by atoms with van der Waals surface area (Å²) >= 11 is 0. The van der Waals surface area contributed by atoms with Crippen LogP contribution in [0.1, 0.15) is 36.9 Å². The third kappa shape index (κ3) is 3.85. The average molecular weight is 323 g/mol. The molecule has 0 amide bonds. The van der Waals surface area contributed by atoms with E-state index in [4.69, 9.17) is 0 Å². The molecule has 1 fully saturated rings. The van der Waals surface area contributed by atoms with Crippen molar-refractivity contribution in [3.63, 3.8) is 0 Å². The van der Waals surface area contributed by atoms with Gasteiger partial charge in [0.1, 0.15) is 0 Å². The highest BCUT2D eigenvalue weighted by Gasteiger charge is 2.38. The molecule has 0 spiro atoms. The average Bonchev–Trinajstić information content (AvgIpc) is 2.64. The number of nitrogens with one attached hydrogen (secondary N) is 1. The number of aromatic nitrogens is 1. The van der Waals surface area contributed by atoms with Gasteiger partial charge in [0.05, 0.1) is 0 Å². The second-order valence-corrected chi connectivity index (χ2v) is 7.09. The Morgan fingerprint density at radius 3 is 2.38 bits per heavy atom. The summed E-state index contributed by atoms with van der Waals surface area (Å²) in [6.07, 6.45) is 7.78. The minimum atomic E-state index is 0.195. The Kier molecular flexibility index (Phi) is 5.64. The summed E-state index contributed by atoms with van der Waals surface area (Å²) in [5, 5.41) is 3.74. The predicted octanol–water partition coefficient (Wildman–Crippen LogP) is 3.61. The van der Waals surface area contributed by atoms with Crippen LogP contribution in [0.25, 0.3) is 0 Å². The van der Waals surface area contributed by atoms with Crippen molar-refractivity contribution in [3.05, 3.63) is 66.0 Å². The lowest BCUT2D eigenvalue weighted by Crippen LogP contribution is -2.48. The predicted molar refractivity (Wildman–Crippen MR) is 100 cm³/mol. The van der Waals surface area contributed by atoms with Crippen LogP contribution in [0.3, 0.4) is 0 Å². The van der Waals surface area contributed by atoms with E-state index in [9.17, 15) is 0 Å². The molecule has 1 saturated carbocycles. The molecule has 1 heterocycles. The van der Waals surface area contributed by atoms with Gasteiger partial charge in [0.2, 0.25) is 0 Å². The summed E-state index contributed by atoms with van der Waals surface area (Å²) in [5.74, 6) is 0. The third-order valence-electron chi connectivity index (χ3n) is 5.52. The Labute approximate surface area is 146 Å². The maximum absolute atomic E-state index is 4.40. The van der Waals surface area contributed by atoms with Crippen molar-refractivity contribution < 1.29 is 0 Å². The fraction of sp³-hybridized carbons (Fsp3) is 0.476. The number of hydrogen-bond acceptors (Lipinski definition) is 3. The number of pyridine rings is 1. The lowest BCUT2D eigenvalue weighted by atomic mass is 9.74. The minimum absolute atomic E-state index is 0.195. The number of hydrogen-bond donors (Lipinski definition) is 1. The quantitative estimate of drug-likeness (QED) is 0.880. The summed E-state index contributed by atoms with van der Waals surface area (Å²) in [4.78, 5) is 6.82. The van der Waals surface area contributed by atoms with Crippen molar-refractivity contribution >= 4 is 0 Å². The molecular weight excluding hydrogens is 294 g/mol. The van der Waals surface area contributed by atoms with Gasteiger partial charge in [0.25, 0.3) is 0 Å². The van der Waals surface area contributed by atoms with Crippen LogP contribution in [0.5, 0.6) is 0 Å². The molecule has 24 heavy (non-hydrogen) atoms. The molecule has 1 aliphatic rings. The molecule has 1 aromatic heterocycles. The van der Waals surface area contributed by atoms with Gasteiger partial charge in [-0.2, -0.15) is 0 Å². The first-order valence-electron chi connectivity index (χ1n) is 9.07. The van der Waals surface area contributed by atoms with E-state index in [1.165, 1.54) is 36.9 Å². The lowest BCUT2D eigenvalue weighted by Gasteiger charge is -2.45. The van der Waals surface area contributed by atoms with E-state index >= 15 is 0 Å². The second-order valence-electron chi connectivity index (χ2n) is 7.09. The van der Waals surface area contributed by atoms with E-state index in [0.29, 0.717) is 6.04 Å². The molecule has 0 radical (unpaired) electrons. The van der Waals surface area contributed by atoms with Gasteiger partial charge >= 0.3 is 0 Å². The molecule has 1 aromatic carbocycles. The molecular formula is C21H29N3. The fourth-order valence-electron chi connectivity index (χ4n) is 3.99. The Morgan fingerprint density at radius 1 is 1.04 bits per heavy atom. The van der Waals surface area contributed by atoms with E-state index in [0.717, 1.165) is 13.0 Å². The first-order chi connectivity index (χ1) is 11.7. The van der Waals surface area contributed by atoms with E-state index in [2.05, 4.69) is 71.8 Å². The minimum Gasteiger partial charge on any atom is -0.314 e. The normalized spacial score (nSPS) is 24.2. The molecule has 1 N–H and O–H groups in total. The SMILES string of the molecule is CN(C)C1(c2ccccc2)CCC(NCCc2ccccn2)CC1. The molecule has 128 valence electrons. The van der Waals surface area contributed by atoms with Crippen molar-refractivity contribution in [2.45, 2.75) is 43.7 Å². The zero-order valence-electron chi connectivity index (χ0n) is 14.9. The van der Waals surface area contributed by atoms with Gasteiger partial charge in [-0.05, 0) is 57.5 Å². The molecule has 0 saturated heterocycles. The van der Waals surface area contributed by atoms with Gasteiger partial charge in [0, 0.05) is 36.4 Å². The zero-order valence-corrected chi connectivity index (χ0v) is 14.9. The van der Waals surface area contributed by atoms with Crippen LogP contribution in [0.2, 0.25) is 0 Å². The molecule has 3 nitrogen and oxygen atoms in total. The van der Waals surface area contributed by atoms with Gasteiger partial charge in [0.15, 0.2) is 0 Å². The third-order valence-corrected chi connectivity index (χ3v) is 5.52. The van der Waals surface area contributed by atoms with Crippen molar-refractivity contribution in [2.75, 3.05) is 20.6 Å². The van der Waals surface area contributed by atoms with Crippen LogP contribution in [0, 0.1) is 0 Å². The number of benzene rings is 1. The summed E-state index contributed by atoms with van der Waals surface area (Å²) in [5.41, 5.74) is 2.83. The Morgan fingerprint density at radius 2 is 1.75 bits per heavy atom. The highest BCUT2D eigenvalue weighted by molar-refractivity contribution is 5.25. The van der Waals surface area contributed by atoms with E-state index in [1.807, 2.05) is 12.3 Å². The summed E-state index contributed by atoms with van der Waals surface area (Å²) < 4.78 is 0. The van der Waals surface area contributed by atoms with E-state index in [1.54, 1.807) is 0 Å². The molecule has 3 heteroatoms. The van der Waals surface area contributed by atoms with Crippen molar-refractivity contribution in [2.24, 2.45) is 0 Å².